The SMILES string of the molecule is O=C(NCCOCCO)C(F)F. The molecule has 72 valence electrons. The Balaban J connectivity index is 3.14. The Morgan fingerprint density at radius 3 is 2.67 bits per heavy atom. The number of hydrogen-bond acceptors (Lipinski definition) is 3. The summed E-state index contributed by atoms with van der Waals surface area (Å²) in [4.78, 5) is 10.2. The quantitative estimate of drug-likeness (QED) is 0.539. The van der Waals surface area contributed by atoms with Crippen molar-refractivity contribution in [2.24, 2.45) is 0 Å². The minimum absolute atomic E-state index is 0.0309. The number of rotatable bonds is 6. The van der Waals surface area contributed by atoms with Crippen molar-refractivity contribution in [1.82, 2.24) is 5.32 Å². The lowest BCUT2D eigenvalue weighted by Gasteiger charge is -2.03. The second-order valence-corrected chi connectivity index (χ2v) is 1.93. The van der Waals surface area contributed by atoms with E-state index >= 15 is 0 Å². The molecule has 4 nitrogen and oxygen atoms in total. The first-order chi connectivity index (χ1) is 5.68. The molecule has 6 heteroatoms. The number of hydrogen-bond donors (Lipinski definition) is 2. The van der Waals surface area contributed by atoms with Gasteiger partial charge in [0.25, 0.3) is 5.91 Å². The van der Waals surface area contributed by atoms with Crippen LogP contribution in [0.4, 0.5) is 8.78 Å². The zero-order valence-corrected chi connectivity index (χ0v) is 6.43. The van der Waals surface area contributed by atoms with Crippen molar-refractivity contribution in [3.05, 3.63) is 0 Å². The fraction of sp³-hybridized carbons (Fsp3) is 0.833. The highest BCUT2D eigenvalue weighted by molar-refractivity contribution is 5.78. The number of alkyl halides is 2. The van der Waals surface area contributed by atoms with Crippen LogP contribution < -0.4 is 5.32 Å². The molecule has 0 rings (SSSR count). The maximum atomic E-state index is 11.5. The first kappa shape index (κ1) is 11.2. The zero-order chi connectivity index (χ0) is 9.40. The molecule has 0 aromatic carbocycles. The van der Waals surface area contributed by atoms with Gasteiger partial charge in [0.15, 0.2) is 0 Å². The maximum Gasteiger partial charge on any atom is 0.315 e. The highest BCUT2D eigenvalue weighted by Crippen LogP contribution is 1.89. The van der Waals surface area contributed by atoms with E-state index < -0.39 is 12.3 Å². The average Bonchev–Trinajstić information content (AvgIpc) is 2.03. The third-order valence-corrected chi connectivity index (χ3v) is 0.979. The van der Waals surface area contributed by atoms with Crippen molar-refractivity contribution in [1.29, 1.82) is 0 Å². The van der Waals surface area contributed by atoms with Crippen LogP contribution in [0, 0.1) is 0 Å². The molecule has 0 saturated heterocycles. The summed E-state index contributed by atoms with van der Waals surface area (Å²) in [5.74, 6) is -1.30. The van der Waals surface area contributed by atoms with Crippen LogP contribution >= 0.6 is 0 Å². The fourth-order valence-corrected chi connectivity index (χ4v) is 0.490. The first-order valence-corrected chi connectivity index (χ1v) is 3.43. The number of amides is 1. The predicted molar refractivity (Wildman–Crippen MR) is 36.9 cm³/mol. The van der Waals surface area contributed by atoms with Gasteiger partial charge in [-0.3, -0.25) is 4.79 Å². The molecule has 0 saturated carbocycles. The fourth-order valence-electron chi connectivity index (χ4n) is 0.490. The summed E-state index contributed by atoms with van der Waals surface area (Å²) in [6.45, 7) is 0.176. The van der Waals surface area contributed by atoms with Gasteiger partial charge in [0.2, 0.25) is 0 Å². The first-order valence-electron chi connectivity index (χ1n) is 3.43. The van der Waals surface area contributed by atoms with E-state index in [-0.39, 0.29) is 26.4 Å². The lowest BCUT2D eigenvalue weighted by atomic mass is 10.6. The highest BCUT2D eigenvalue weighted by Gasteiger charge is 2.13. The van der Waals surface area contributed by atoms with Crippen molar-refractivity contribution in [3.8, 4) is 0 Å². The molecule has 0 aliphatic rings. The van der Waals surface area contributed by atoms with E-state index in [4.69, 9.17) is 9.84 Å². The van der Waals surface area contributed by atoms with Crippen LogP contribution in [0.2, 0.25) is 0 Å². The number of aliphatic hydroxyl groups excluding tert-OH is 1. The van der Waals surface area contributed by atoms with Gasteiger partial charge < -0.3 is 15.2 Å². The molecule has 0 unspecified atom stereocenters. The topological polar surface area (TPSA) is 58.6 Å². The minimum atomic E-state index is -2.98. The second kappa shape index (κ2) is 6.93. The largest absolute Gasteiger partial charge is 0.394 e. The smallest absolute Gasteiger partial charge is 0.315 e. The molecule has 0 radical (unpaired) electrons. The Morgan fingerprint density at radius 2 is 2.17 bits per heavy atom. The molecular weight excluding hydrogens is 172 g/mol. The Labute approximate surface area is 68.5 Å². The third-order valence-electron chi connectivity index (χ3n) is 0.979. The molecule has 0 spiro atoms. The summed E-state index contributed by atoms with van der Waals surface area (Å²) in [5, 5.41) is 10.2. The van der Waals surface area contributed by atoms with Crippen LogP contribution in [0.3, 0.4) is 0 Å². The van der Waals surface area contributed by atoms with E-state index in [0.29, 0.717) is 0 Å². The van der Waals surface area contributed by atoms with Crippen molar-refractivity contribution in [2.45, 2.75) is 6.43 Å². The van der Waals surface area contributed by atoms with Crippen molar-refractivity contribution in [3.63, 3.8) is 0 Å². The summed E-state index contributed by atoms with van der Waals surface area (Å²) in [6.07, 6.45) is -2.98. The Bertz CT molecular complexity index is 132. The van der Waals surface area contributed by atoms with E-state index in [0.717, 1.165) is 0 Å². The van der Waals surface area contributed by atoms with Gasteiger partial charge in [-0.2, -0.15) is 8.78 Å². The number of carbonyl (C=O) groups excluding carboxylic acids is 1. The molecule has 1 amide bonds. The molecule has 12 heavy (non-hydrogen) atoms. The van der Waals surface area contributed by atoms with Crippen molar-refractivity contribution in [2.75, 3.05) is 26.4 Å². The van der Waals surface area contributed by atoms with Crippen LogP contribution in [0.15, 0.2) is 0 Å². The average molecular weight is 183 g/mol. The van der Waals surface area contributed by atoms with E-state index in [1.54, 1.807) is 0 Å². The summed E-state index contributed by atoms with van der Waals surface area (Å²) in [6, 6.07) is 0. The summed E-state index contributed by atoms with van der Waals surface area (Å²) < 4.78 is 27.7. The van der Waals surface area contributed by atoms with E-state index in [1.165, 1.54) is 0 Å². The number of halogens is 2. The summed E-state index contributed by atoms with van der Waals surface area (Å²) in [5.41, 5.74) is 0. The van der Waals surface area contributed by atoms with Crippen molar-refractivity contribution < 1.29 is 23.4 Å². The zero-order valence-electron chi connectivity index (χ0n) is 6.43. The van der Waals surface area contributed by atoms with Gasteiger partial charge in [-0.1, -0.05) is 0 Å². The standard InChI is InChI=1S/C6H11F2NO3/c7-5(8)6(11)9-1-3-12-4-2-10/h5,10H,1-4H2,(H,9,11). The summed E-state index contributed by atoms with van der Waals surface area (Å²) >= 11 is 0. The van der Waals surface area contributed by atoms with E-state index in [9.17, 15) is 13.6 Å². The van der Waals surface area contributed by atoms with Crippen LogP contribution in [-0.4, -0.2) is 43.8 Å². The summed E-state index contributed by atoms with van der Waals surface area (Å²) in [7, 11) is 0. The molecule has 0 atom stereocenters. The highest BCUT2D eigenvalue weighted by atomic mass is 19.3. The molecule has 0 heterocycles. The molecule has 0 fully saturated rings. The number of ether oxygens (including phenoxy) is 1. The molecular formula is C6H11F2NO3. The Morgan fingerprint density at radius 1 is 1.50 bits per heavy atom. The predicted octanol–water partition coefficient (Wildman–Crippen LogP) is -0.623. The molecule has 0 aromatic rings. The van der Waals surface area contributed by atoms with Gasteiger partial charge in [0.05, 0.1) is 19.8 Å². The van der Waals surface area contributed by atoms with E-state index in [1.807, 2.05) is 5.32 Å². The Kier molecular flexibility index (Phi) is 6.50. The molecule has 0 aliphatic carbocycles. The van der Waals surface area contributed by atoms with Crippen molar-refractivity contribution >= 4 is 5.91 Å². The van der Waals surface area contributed by atoms with Gasteiger partial charge in [-0.05, 0) is 0 Å². The Hall–Kier alpha value is -0.750. The van der Waals surface area contributed by atoms with Crippen LogP contribution in [0.25, 0.3) is 0 Å². The van der Waals surface area contributed by atoms with Crippen LogP contribution in [0.1, 0.15) is 0 Å². The van der Waals surface area contributed by atoms with Gasteiger partial charge in [0.1, 0.15) is 0 Å². The van der Waals surface area contributed by atoms with Crippen LogP contribution in [0.5, 0.6) is 0 Å². The molecule has 0 aromatic heterocycles. The normalized spacial score (nSPS) is 10.3. The van der Waals surface area contributed by atoms with E-state index in [2.05, 4.69) is 0 Å². The van der Waals surface area contributed by atoms with Gasteiger partial charge in [-0.15, -0.1) is 0 Å². The van der Waals surface area contributed by atoms with Gasteiger partial charge in [-0.25, -0.2) is 0 Å². The number of nitrogens with one attached hydrogen (secondary N) is 1. The molecule has 0 aliphatic heterocycles. The second-order valence-electron chi connectivity index (χ2n) is 1.93. The number of carbonyl (C=O) groups is 1. The maximum absolute atomic E-state index is 11.5. The van der Waals surface area contributed by atoms with Crippen LogP contribution in [-0.2, 0) is 9.53 Å². The monoisotopic (exact) mass is 183 g/mol. The minimum Gasteiger partial charge on any atom is -0.394 e. The third kappa shape index (κ3) is 5.99. The van der Waals surface area contributed by atoms with Gasteiger partial charge >= 0.3 is 6.43 Å². The molecule has 0 bridgehead atoms. The number of aliphatic hydroxyl groups is 1. The van der Waals surface area contributed by atoms with Gasteiger partial charge in [0, 0.05) is 6.54 Å². The lowest BCUT2D eigenvalue weighted by Crippen LogP contribution is -2.32. The molecule has 2 N–H and O–H groups in total. The lowest BCUT2D eigenvalue weighted by molar-refractivity contribution is -0.131.